The Labute approximate surface area is 141 Å². The maximum atomic E-state index is 12.9. The predicted molar refractivity (Wildman–Crippen MR) is 87.1 cm³/mol. The van der Waals surface area contributed by atoms with Crippen LogP contribution in [0, 0.1) is 0 Å². The zero-order valence-corrected chi connectivity index (χ0v) is 14.0. The number of hydrogen-bond donors (Lipinski definition) is 0. The average molecular weight is 337 g/mol. The maximum Gasteiger partial charge on any atom is 0.254 e. The van der Waals surface area contributed by atoms with Crippen LogP contribution in [0.15, 0.2) is 24.3 Å². The summed E-state index contributed by atoms with van der Waals surface area (Å²) in [5.41, 5.74) is 0.861. The number of hydrogen-bond acceptors (Lipinski definition) is 3. The molecule has 0 bridgehead atoms. The average Bonchev–Trinajstić information content (AvgIpc) is 2.58. The lowest BCUT2D eigenvalue weighted by Gasteiger charge is -2.41. The molecule has 1 aromatic carbocycles. The Morgan fingerprint density at radius 1 is 1.17 bits per heavy atom. The monoisotopic (exact) mass is 336 g/mol. The highest BCUT2D eigenvalue weighted by atomic mass is 35.5. The van der Waals surface area contributed by atoms with Crippen LogP contribution in [0.2, 0.25) is 5.02 Å². The topological polar surface area (TPSA) is 49.9 Å². The van der Waals surface area contributed by atoms with E-state index >= 15 is 0 Å². The van der Waals surface area contributed by atoms with Crippen LogP contribution in [0.3, 0.4) is 0 Å². The molecule has 2 aliphatic heterocycles. The van der Waals surface area contributed by atoms with Crippen molar-refractivity contribution < 1.29 is 14.3 Å². The molecule has 124 valence electrons. The summed E-state index contributed by atoms with van der Waals surface area (Å²) in [4.78, 5) is 28.4. The number of rotatable bonds is 2. The first-order valence-corrected chi connectivity index (χ1v) is 8.37. The Morgan fingerprint density at radius 3 is 2.48 bits per heavy atom. The Kier molecular flexibility index (Phi) is 4.87. The van der Waals surface area contributed by atoms with Crippen molar-refractivity contribution in [2.75, 3.05) is 26.7 Å². The number of nitrogens with zero attached hydrogens (tertiary/aromatic N) is 2. The Balaban J connectivity index is 1.87. The quantitative estimate of drug-likeness (QED) is 0.832. The van der Waals surface area contributed by atoms with Gasteiger partial charge in [0.1, 0.15) is 6.61 Å². The molecule has 3 rings (SSSR count). The highest BCUT2D eigenvalue weighted by Crippen LogP contribution is 2.31. The Bertz CT molecular complexity index is 584. The van der Waals surface area contributed by atoms with Crippen LogP contribution in [-0.2, 0) is 14.3 Å². The van der Waals surface area contributed by atoms with Crippen molar-refractivity contribution in [3.63, 3.8) is 0 Å². The van der Waals surface area contributed by atoms with E-state index in [1.165, 1.54) is 0 Å². The van der Waals surface area contributed by atoms with Gasteiger partial charge in [0.25, 0.3) is 5.91 Å². The largest absolute Gasteiger partial charge is 0.356 e. The first kappa shape index (κ1) is 16.3. The summed E-state index contributed by atoms with van der Waals surface area (Å²) in [5, 5.41) is 0.623. The van der Waals surface area contributed by atoms with E-state index in [1.807, 2.05) is 17.0 Å². The first-order valence-electron chi connectivity index (χ1n) is 7.99. The molecule has 2 heterocycles. The van der Waals surface area contributed by atoms with Crippen molar-refractivity contribution in [2.24, 2.45) is 0 Å². The van der Waals surface area contributed by atoms with Gasteiger partial charge in [0, 0.05) is 25.2 Å². The van der Waals surface area contributed by atoms with Gasteiger partial charge < -0.3 is 14.5 Å². The molecule has 0 N–H and O–H groups in total. The molecule has 0 aromatic heterocycles. The van der Waals surface area contributed by atoms with Crippen molar-refractivity contribution in [2.45, 2.75) is 31.4 Å². The van der Waals surface area contributed by atoms with Crippen LogP contribution in [-0.4, -0.2) is 54.5 Å². The summed E-state index contributed by atoms with van der Waals surface area (Å²) in [7, 11) is 1.72. The van der Waals surface area contributed by atoms with E-state index < -0.39 is 12.1 Å². The van der Waals surface area contributed by atoms with Crippen molar-refractivity contribution in [1.82, 2.24) is 9.80 Å². The number of carbonyl (C=O) groups is 2. The van der Waals surface area contributed by atoms with Crippen molar-refractivity contribution in [3.05, 3.63) is 34.9 Å². The van der Waals surface area contributed by atoms with E-state index in [0.717, 1.165) is 37.9 Å². The molecule has 0 saturated carbocycles. The SMILES string of the molecule is CN1C(=O)CO[C@H](C(=O)N2CCCCC2)[C@H]1c1ccc(Cl)cc1. The molecule has 2 saturated heterocycles. The fraction of sp³-hybridized carbons (Fsp3) is 0.529. The molecule has 6 heteroatoms. The second-order valence-electron chi connectivity index (χ2n) is 6.12. The third-order valence-corrected chi connectivity index (χ3v) is 4.86. The molecule has 0 unspecified atom stereocenters. The molecule has 0 radical (unpaired) electrons. The zero-order valence-electron chi connectivity index (χ0n) is 13.2. The van der Waals surface area contributed by atoms with E-state index in [4.69, 9.17) is 16.3 Å². The number of ether oxygens (including phenoxy) is 1. The highest BCUT2D eigenvalue weighted by Gasteiger charge is 2.41. The van der Waals surface area contributed by atoms with Gasteiger partial charge in [0.15, 0.2) is 6.10 Å². The van der Waals surface area contributed by atoms with Crippen LogP contribution in [0.25, 0.3) is 0 Å². The number of likely N-dealkylation sites (N-methyl/N-ethyl adjacent to an activating group) is 1. The number of likely N-dealkylation sites (tertiary alicyclic amines) is 1. The summed E-state index contributed by atoms with van der Waals surface area (Å²) in [5.74, 6) is -0.142. The standard InChI is InChI=1S/C17H21ClN2O3/c1-19-14(21)11-23-16(17(22)20-9-3-2-4-10-20)15(19)12-5-7-13(18)8-6-12/h5-8,15-16H,2-4,9-11H2,1H3/t15-,16+/m1/s1. The molecule has 2 aliphatic rings. The van der Waals surface area contributed by atoms with E-state index in [9.17, 15) is 9.59 Å². The molecular weight excluding hydrogens is 316 g/mol. The van der Waals surface area contributed by atoms with Crippen molar-refractivity contribution >= 4 is 23.4 Å². The summed E-state index contributed by atoms with van der Waals surface area (Å²) in [6.07, 6.45) is 2.56. The maximum absolute atomic E-state index is 12.9. The van der Waals surface area contributed by atoms with Crippen LogP contribution in [0.1, 0.15) is 30.9 Å². The Hall–Kier alpha value is -1.59. The molecule has 5 nitrogen and oxygen atoms in total. The van der Waals surface area contributed by atoms with Gasteiger partial charge in [-0.3, -0.25) is 9.59 Å². The number of morpholine rings is 1. The number of amides is 2. The van der Waals surface area contributed by atoms with Crippen molar-refractivity contribution in [3.8, 4) is 0 Å². The minimum Gasteiger partial charge on any atom is -0.356 e. The van der Waals surface area contributed by atoms with Gasteiger partial charge in [-0.15, -0.1) is 0 Å². The minimum atomic E-state index is -0.656. The summed E-state index contributed by atoms with van der Waals surface area (Å²) < 4.78 is 5.66. The van der Waals surface area contributed by atoms with Crippen LogP contribution in [0.4, 0.5) is 0 Å². The highest BCUT2D eigenvalue weighted by molar-refractivity contribution is 6.30. The van der Waals surface area contributed by atoms with E-state index in [0.29, 0.717) is 5.02 Å². The molecule has 2 fully saturated rings. The smallest absolute Gasteiger partial charge is 0.254 e. The number of benzene rings is 1. The van der Waals surface area contributed by atoms with E-state index in [2.05, 4.69) is 0 Å². The normalized spacial score (nSPS) is 25.6. The number of carbonyl (C=O) groups excluding carboxylic acids is 2. The molecule has 23 heavy (non-hydrogen) atoms. The third kappa shape index (κ3) is 3.35. The van der Waals surface area contributed by atoms with E-state index in [-0.39, 0.29) is 18.4 Å². The number of piperidine rings is 1. The molecule has 0 spiro atoms. The third-order valence-electron chi connectivity index (χ3n) is 4.61. The summed E-state index contributed by atoms with van der Waals surface area (Å²) >= 11 is 5.95. The Morgan fingerprint density at radius 2 is 1.83 bits per heavy atom. The fourth-order valence-corrected chi connectivity index (χ4v) is 3.40. The molecular formula is C17H21ClN2O3. The molecule has 2 amide bonds. The van der Waals surface area contributed by atoms with E-state index in [1.54, 1.807) is 24.1 Å². The second-order valence-corrected chi connectivity index (χ2v) is 6.56. The van der Waals surface area contributed by atoms with Gasteiger partial charge in [-0.2, -0.15) is 0 Å². The van der Waals surface area contributed by atoms with Crippen molar-refractivity contribution in [1.29, 1.82) is 0 Å². The first-order chi connectivity index (χ1) is 11.1. The van der Waals surface area contributed by atoms with Crippen LogP contribution < -0.4 is 0 Å². The lowest BCUT2D eigenvalue weighted by molar-refractivity contribution is -0.167. The van der Waals surface area contributed by atoms with Crippen LogP contribution in [0.5, 0.6) is 0 Å². The summed E-state index contributed by atoms with van der Waals surface area (Å²) in [6, 6.07) is 6.82. The van der Waals surface area contributed by atoms with Gasteiger partial charge >= 0.3 is 0 Å². The van der Waals surface area contributed by atoms with Gasteiger partial charge in [-0.1, -0.05) is 23.7 Å². The second kappa shape index (κ2) is 6.89. The lowest BCUT2D eigenvalue weighted by atomic mass is 9.96. The number of halogens is 1. The van der Waals surface area contributed by atoms with Gasteiger partial charge in [-0.25, -0.2) is 0 Å². The van der Waals surface area contributed by atoms with Gasteiger partial charge in [-0.05, 0) is 37.0 Å². The molecule has 2 atom stereocenters. The fourth-order valence-electron chi connectivity index (χ4n) is 3.27. The summed E-state index contributed by atoms with van der Waals surface area (Å²) in [6.45, 7) is 1.48. The minimum absolute atomic E-state index is 0.0241. The lowest BCUT2D eigenvalue weighted by Crippen LogP contribution is -2.54. The predicted octanol–water partition coefficient (Wildman–Crippen LogP) is 2.25. The van der Waals surface area contributed by atoms with Crippen LogP contribution >= 0.6 is 11.6 Å². The zero-order chi connectivity index (χ0) is 16.4. The van der Waals surface area contributed by atoms with Gasteiger partial charge in [0.2, 0.25) is 5.91 Å². The molecule has 0 aliphatic carbocycles. The molecule has 1 aromatic rings. The van der Waals surface area contributed by atoms with Gasteiger partial charge in [0.05, 0.1) is 6.04 Å².